The average Bonchev–Trinajstić information content (AvgIpc) is 2.83. The van der Waals surface area contributed by atoms with E-state index in [1.54, 1.807) is 0 Å². The van der Waals surface area contributed by atoms with E-state index >= 15 is 0 Å². The van der Waals surface area contributed by atoms with Crippen molar-refractivity contribution in [2.45, 2.75) is 13.0 Å². The van der Waals surface area contributed by atoms with Gasteiger partial charge >= 0.3 is 0 Å². The van der Waals surface area contributed by atoms with Gasteiger partial charge in [-0.25, -0.2) is 4.98 Å². The van der Waals surface area contributed by atoms with Crippen molar-refractivity contribution < 1.29 is 0 Å². The molecule has 3 heterocycles. The molecule has 1 aliphatic rings. The molecule has 0 saturated heterocycles. The van der Waals surface area contributed by atoms with Crippen LogP contribution in [-0.2, 0) is 20.0 Å². The molecule has 0 spiro atoms. The molecule has 1 aliphatic heterocycles. The molecule has 2 aromatic heterocycles. The minimum absolute atomic E-state index is 0.870. The van der Waals surface area contributed by atoms with E-state index < -0.39 is 0 Å². The second kappa shape index (κ2) is 3.20. The van der Waals surface area contributed by atoms with Gasteiger partial charge in [0.25, 0.3) is 0 Å². The van der Waals surface area contributed by atoms with E-state index in [2.05, 4.69) is 20.0 Å². The molecule has 0 radical (unpaired) electrons. The number of rotatable bonds is 1. The Balaban J connectivity index is 2.08. The number of fused-ring (bicyclic) bond motifs is 1. The highest BCUT2D eigenvalue weighted by Gasteiger charge is 2.16. The van der Waals surface area contributed by atoms with Crippen LogP contribution < -0.4 is 5.32 Å². The standard InChI is InChI=1S/C10H13N5/c1-14-5-3-10(13-14)15-7-12-8-6-11-4-2-9(8)15/h3,5,7,11H,2,4,6H2,1H3. The lowest BCUT2D eigenvalue weighted by atomic mass is 10.2. The van der Waals surface area contributed by atoms with Crippen molar-refractivity contribution in [2.75, 3.05) is 6.54 Å². The molecule has 0 aromatic carbocycles. The van der Waals surface area contributed by atoms with E-state index in [0.717, 1.165) is 31.0 Å². The third-order valence-corrected chi connectivity index (χ3v) is 2.73. The van der Waals surface area contributed by atoms with Crippen molar-refractivity contribution >= 4 is 0 Å². The van der Waals surface area contributed by atoms with Gasteiger partial charge in [0, 0.05) is 44.5 Å². The molecule has 5 nitrogen and oxygen atoms in total. The predicted molar refractivity (Wildman–Crippen MR) is 55.7 cm³/mol. The van der Waals surface area contributed by atoms with Gasteiger partial charge in [0.1, 0.15) is 6.33 Å². The lowest BCUT2D eigenvalue weighted by Gasteiger charge is -2.13. The smallest absolute Gasteiger partial charge is 0.160 e. The number of nitrogens with one attached hydrogen (secondary N) is 1. The van der Waals surface area contributed by atoms with Crippen LogP contribution in [0.4, 0.5) is 0 Å². The van der Waals surface area contributed by atoms with E-state index in [-0.39, 0.29) is 0 Å². The van der Waals surface area contributed by atoms with Crippen LogP contribution in [0.1, 0.15) is 11.4 Å². The summed E-state index contributed by atoms with van der Waals surface area (Å²) in [5.74, 6) is 0.952. The van der Waals surface area contributed by atoms with Crippen molar-refractivity contribution in [3.8, 4) is 5.82 Å². The fourth-order valence-corrected chi connectivity index (χ4v) is 1.97. The summed E-state index contributed by atoms with van der Waals surface area (Å²) in [7, 11) is 1.93. The van der Waals surface area contributed by atoms with Crippen LogP contribution in [0.2, 0.25) is 0 Å². The summed E-state index contributed by atoms with van der Waals surface area (Å²) < 4.78 is 3.89. The first kappa shape index (κ1) is 8.67. The molecule has 0 fully saturated rings. The fraction of sp³-hybridized carbons (Fsp3) is 0.400. The first-order valence-electron chi connectivity index (χ1n) is 5.10. The number of nitrogens with zero attached hydrogens (tertiary/aromatic N) is 4. The first-order valence-corrected chi connectivity index (χ1v) is 5.10. The van der Waals surface area contributed by atoms with Gasteiger partial charge in [0.15, 0.2) is 5.82 Å². The third-order valence-electron chi connectivity index (χ3n) is 2.73. The van der Waals surface area contributed by atoms with Crippen LogP contribution >= 0.6 is 0 Å². The molecular weight excluding hydrogens is 190 g/mol. The Morgan fingerprint density at radius 3 is 3.20 bits per heavy atom. The van der Waals surface area contributed by atoms with Gasteiger partial charge in [-0.05, 0) is 0 Å². The maximum atomic E-state index is 4.39. The summed E-state index contributed by atoms with van der Waals surface area (Å²) in [5, 5.41) is 7.69. The maximum absolute atomic E-state index is 4.39. The van der Waals surface area contributed by atoms with Gasteiger partial charge in [-0.1, -0.05) is 0 Å². The molecule has 0 atom stereocenters. The Labute approximate surface area is 87.7 Å². The van der Waals surface area contributed by atoms with Gasteiger partial charge in [0.2, 0.25) is 0 Å². The van der Waals surface area contributed by atoms with E-state index in [0.29, 0.717) is 0 Å². The zero-order chi connectivity index (χ0) is 10.3. The van der Waals surface area contributed by atoms with Crippen molar-refractivity contribution in [2.24, 2.45) is 7.05 Å². The lowest BCUT2D eigenvalue weighted by Crippen LogP contribution is -2.24. The Hall–Kier alpha value is -1.62. The number of imidazole rings is 1. The number of aromatic nitrogens is 4. The second-order valence-corrected chi connectivity index (χ2v) is 3.78. The van der Waals surface area contributed by atoms with Crippen molar-refractivity contribution in [1.82, 2.24) is 24.6 Å². The van der Waals surface area contributed by atoms with E-state index in [1.165, 1.54) is 5.69 Å². The number of hydrogen-bond donors (Lipinski definition) is 1. The number of hydrogen-bond acceptors (Lipinski definition) is 3. The van der Waals surface area contributed by atoms with E-state index in [9.17, 15) is 0 Å². The highest BCUT2D eigenvalue weighted by Crippen LogP contribution is 2.16. The van der Waals surface area contributed by atoms with Gasteiger partial charge in [-0.2, -0.15) is 5.10 Å². The van der Waals surface area contributed by atoms with Crippen LogP contribution in [0.25, 0.3) is 5.82 Å². The summed E-state index contributed by atoms with van der Waals surface area (Å²) >= 11 is 0. The zero-order valence-corrected chi connectivity index (χ0v) is 8.64. The summed E-state index contributed by atoms with van der Waals surface area (Å²) in [5.41, 5.74) is 2.43. The minimum atomic E-state index is 0.870. The fourth-order valence-electron chi connectivity index (χ4n) is 1.97. The molecule has 2 aromatic rings. The molecule has 0 unspecified atom stereocenters. The molecule has 1 N–H and O–H groups in total. The van der Waals surface area contributed by atoms with Gasteiger partial charge < -0.3 is 5.32 Å². The van der Waals surface area contributed by atoms with E-state index in [1.807, 2.05) is 30.3 Å². The largest absolute Gasteiger partial charge is 0.311 e. The molecule has 78 valence electrons. The van der Waals surface area contributed by atoms with Crippen LogP contribution in [0.3, 0.4) is 0 Å². The molecule has 3 rings (SSSR count). The summed E-state index contributed by atoms with van der Waals surface area (Å²) in [6.45, 7) is 1.89. The van der Waals surface area contributed by atoms with E-state index in [4.69, 9.17) is 0 Å². The second-order valence-electron chi connectivity index (χ2n) is 3.78. The average molecular weight is 203 g/mol. The molecule has 0 bridgehead atoms. The van der Waals surface area contributed by atoms with Crippen LogP contribution in [0.5, 0.6) is 0 Å². The van der Waals surface area contributed by atoms with Crippen LogP contribution in [0, 0.1) is 0 Å². The molecule has 0 amide bonds. The molecule has 15 heavy (non-hydrogen) atoms. The zero-order valence-electron chi connectivity index (χ0n) is 8.64. The monoisotopic (exact) mass is 203 g/mol. The Morgan fingerprint density at radius 2 is 2.40 bits per heavy atom. The normalized spacial score (nSPS) is 15.3. The molecule has 5 heteroatoms. The number of aryl methyl sites for hydroxylation is 1. The van der Waals surface area contributed by atoms with Crippen molar-refractivity contribution in [1.29, 1.82) is 0 Å². The Kier molecular flexibility index (Phi) is 1.85. The summed E-state index contributed by atoms with van der Waals surface area (Å²) in [6.07, 6.45) is 4.83. The quantitative estimate of drug-likeness (QED) is 0.722. The summed E-state index contributed by atoms with van der Waals surface area (Å²) in [6, 6.07) is 2.00. The highest BCUT2D eigenvalue weighted by atomic mass is 15.3. The van der Waals surface area contributed by atoms with Crippen LogP contribution in [-0.4, -0.2) is 25.9 Å². The highest BCUT2D eigenvalue weighted by molar-refractivity contribution is 5.28. The van der Waals surface area contributed by atoms with Gasteiger partial charge in [-0.15, -0.1) is 0 Å². The Morgan fingerprint density at radius 1 is 1.47 bits per heavy atom. The summed E-state index contributed by atoms with van der Waals surface area (Å²) in [4.78, 5) is 4.39. The van der Waals surface area contributed by atoms with Gasteiger partial charge in [0.05, 0.1) is 5.69 Å². The Bertz CT molecular complexity index is 482. The molecule has 0 saturated carbocycles. The topological polar surface area (TPSA) is 47.7 Å². The lowest BCUT2D eigenvalue weighted by molar-refractivity contribution is 0.617. The maximum Gasteiger partial charge on any atom is 0.160 e. The molecule has 0 aliphatic carbocycles. The van der Waals surface area contributed by atoms with Crippen LogP contribution in [0.15, 0.2) is 18.6 Å². The molecular formula is C10H13N5. The third kappa shape index (κ3) is 1.35. The van der Waals surface area contributed by atoms with Crippen molar-refractivity contribution in [3.63, 3.8) is 0 Å². The SMILES string of the molecule is Cn1ccc(-n2cnc3c2CCNC3)n1. The first-order chi connectivity index (χ1) is 7.34. The minimum Gasteiger partial charge on any atom is -0.311 e. The van der Waals surface area contributed by atoms with Gasteiger partial charge in [-0.3, -0.25) is 9.25 Å². The van der Waals surface area contributed by atoms with Crippen molar-refractivity contribution in [3.05, 3.63) is 30.0 Å². The predicted octanol–water partition coefficient (Wildman–Crippen LogP) is 0.251.